The highest BCUT2D eigenvalue weighted by Gasteiger charge is 2.34. The molecule has 0 aromatic heterocycles. The lowest BCUT2D eigenvalue weighted by Crippen LogP contribution is -2.44. The number of rotatable bonds is 3. The highest BCUT2D eigenvalue weighted by atomic mass is 19.3. The van der Waals surface area contributed by atoms with Crippen LogP contribution in [0.3, 0.4) is 0 Å². The van der Waals surface area contributed by atoms with Crippen LogP contribution in [0.2, 0.25) is 0 Å². The third-order valence-corrected chi connectivity index (χ3v) is 4.36. The summed E-state index contributed by atoms with van der Waals surface area (Å²) in [4.78, 5) is 25.1. The highest BCUT2D eigenvalue weighted by Crippen LogP contribution is 2.25. The number of ether oxygens (including phenoxy) is 2. The summed E-state index contributed by atoms with van der Waals surface area (Å²) in [7, 11) is 2.02. The summed E-state index contributed by atoms with van der Waals surface area (Å²) < 4.78 is 35.2. The van der Waals surface area contributed by atoms with Gasteiger partial charge >= 0.3 is 6.61 Å². The molecule has 2 saturated heterocycles. The largest absolute Gasteiger partial charge is 0.483 e. The van der Waals surface area contributed by atoms with Crippen molar-refractivity contribution in [3.63, 3.8) is 0 Å². The summed E-state index contributed by atoms with van der Waals surface area (Å²) in [5.74, 6) is -0.125. The molecule has 0 unspecified atom stereocenters. The fraction of sp³-hybridized carbons (Fsp3) is 0.529. The maximum Gasteiger partial charge on any atom is 0.387 e. The summed E-state index contributed by atoms with van der Waals surface area (Å²) in [6.45, 7) is -0.0700. The Balaban J connectivity index is 0.000000758. The predicted octanol–water partition coefficient (Wildman–Crippen LogP) is 1.39. The number of para-hydroxylation sites is 1. The molecule has 2 fully saturated rings. The van der Waals surface area contributed by atoms with E-state index in [1.54, 1.807) is 17.0 Å². The van der Waals surface area contributed by atoms with Crippen LogP contribution in [0.4, 0.5) is 8.78 Å². The second kappa shape index (κ2) is 9.44. The van der Waals surface area contributed by atoms with E-state index in [0.29, 0.717) is 26.3 Å². The molecular weight excluding hydrogens is 350 g/mol. The second-order valence-electron chi connectivity index (χ2n) is 6.19. The normalized spacial score (nSPS) is 22.8. The topological polar surface area (TPSA) is 79.3 Å². The van der Waals surface area contributed by atoms with E-state index in [1.807, 2.05) is 7.05 Å². The molecule has 2 atom stereocenters. The molecule has 7 nitrogen and oxygen atoms in total. The Kier molecular flexibility index (Phi) is 7.28. The molecule has 2 bridgehead atoms. The molecule has 0 radical (unpaired) electrons. The van der Waals surface area contributed by atoms with E-state index in [2.05, 4.69) is 9.64 Å². The van der Waals surface area contributed by atoms with Crippen molar-refractivity contribution in [3.8, 4) is 5.75 Å². The van der Waals surface area contributed by atoms with Gasteiger partial charge in [0.15, 0.2) is 0 Å². The molecular formula is C17H22F2N2O5. The minimum atomic E-state index is -2.95. The van der Waals surface area contributed by atoms with Crippen LogP contribution in [-0.4, -0.2) is 79.8 Å². The van der Waals surface area contributed by atoms with Crippen LogP contribution >= 0.6 is 0 Å². The van der Waals surface area contributed by atoms with Gasteiger partial charge in [0.2, 0.25) is 0 Å². The molecule has 26 heavy (non-hydrogen) atoms. The molecule has 0 spiro atoms. The zero-order valence-corrected chi connectivity index (χ0v) is 14.4. The number of likely N-dealkylation sites (N-methyl/N-ethyl adjacent to an activating group) is 1. The first-order valence-corrected chi connectivity index (χ1v) is 8.15. The Morgan fingerprint density at radius 1 is 1.31 bits per heavy atom. The van der Waals surface area contributed by atoms with Gasteiger partial charge in [-0.05, 0) is 19.2 Å². The number of halogens is 2. The standard InChI is InChI=1S/C16H20F2N2O3.CH2O2/c1-19-6-11-7-20(8-12(19)10-22-9-11)15(21)13-4-2-3-5-14(13)23-16(17)18;2-1-3/h2-5,11-12,16H,6-10H2,1H3;1H,(H,2,3)/t11-,12+;/m1./s1. The van der Waals surface area contributed by atoms with Crippen molar-refractivity contribution in [1.29, 1.82) is 0 Å². The lowest BCUT2D eigenvalue weighted by Gasteiger charge is -2.30. The third-order valence-electron chi connectivity index (χ3n) is 4.36. The van der Waals surface area contributed by atoms with E-state index >= 15 is 0 Å². The maximum atomic E-state index is 12.8. The Bertz CT molecular complexity index is 617. The second-order valence-corrected chi connectivity index (χ2v) is 6.19. The van der Waals surface area contributed by atoms with Crippen molar-refractivity contribution in [1.82, 2.24) is 9.80 Å². The van der Waals surface area contributed by atoms with Crippen molar-refractivity contribution in [2.45, 2.75) is 12.7 Å². The Hall–Kier alpha value is -2.26. The minimum Gasteiger partial charge on any atom is -0.483 e. The van der Waals surface area contributed by atoms with Crippen LogP contribution in [0.1, 0.15) is 10.4 Å². The Morgan fingerprint density at radius 2 is 2.00 bits per heavy atom. The zero-order chi connectivity index (χ0) is 19.1. The van der Waals surface area contributed by atoms with Gasteiger partial charge in [-0.3, -0.25) is 14.5 Å². The van der Waals surface area contributed by atoms with E-state index in [9.17, 15) is 13.6 Å². The fourth-order valence-corrected chi connectivity index (χ4v) is 3.23. The molecule has 0 saturated carbocycles. The number of hydrogen-bond acceptors (Lipinski definition) is 5. The number of carbonyl (C=O) groups excluding carboxylic acids is 1. The van der Waals surface area contributed by atoms with E-state index in [1.165, 1.54) is 12.1 Å². The van der Waals surface area contributed by atoms with Gasteiger partial charge in [-0.2, -0.15) is 8.78 Å². The molecule has 2 heterocycles. The maximum absolute atomic E-state index is 12.8. The molecule has 1 N–H and O–H groups in total. The van der Waals surface area contributed by atoms with Gasteiger partial charge in [0.1, 0.15) is 5.75 Å². The number of fused-ring (bicyclic) bond motifs is 3. The zero-order valence-electron chi connectivity index (χ0n) is 14.4. The van der Waals surface area contributed by atoms with Crippen LogP contribution in [0, 0.1) is 5.92 Å². The number of nitrogens with zero attached hydrogens (tertiary/aromatic N) is 2. The number of alkyl halides is 2. The lowest BCUT2D eigenvalue weighted by atomic mass is 10.1. The van der Waals surface area contributed by atoms with Crippen molar-refractivity contribution in [2.75, 3.05) is 39.9 Å². The first kappa shape index (κ1) is 20.1. The number of benzene rings is 1. The molecule has 2 aliphatic heterocycles. The highest BCUT2D eigenvalue weighted by molar-refractivity contribution is 5.97. The van der Waals surface area contributed by atoms with Crippen molar-refractivity contribution in [3.05, 3.63) is 29.8 Å². The van der Waals surface area contributed by atoms with E-state index in [-0.39, 0.29) is 35.7 Å². The van der Waals surface area contributed by atoms with Gasteiger partial charge in [-0.25, -0.2) is 0 Å². The van der Waals surface area contributed by atoms with Crippen LogP contribution < -0.4 is 4.74 Å². The number of carboxylic acid groups (broad SMARTS) is 1. The molecule has 1 aromatic rings. The monoisotopic (exact) mass is 372 g/mol. The van der Waals surface area contributed by atoms with Crippen LogP contribution in [0.15, 0.2) is 24.3 Å². The summed E-state index contributed by atoms with van der Waals surface area (Å²) in [5.41, 5.74) is 0.177. The average Bonchev–Trinajstić information content (AvgIpc) is 2.83. The van der Waals surface area contributed by atoms with Crippen LogP contribution in [-0.2, 0) is 9.53 Å². The van der Waals surface area contributed by atoms with Gasteiger partial charge < -0.3 is 19.5 Å². The molecule has 0 aliphatic carbocycles. The van der Waals surface area contributed by atoms with Crippen LogP contribution in [0.5, 0.6) is 5.75 Å². The third kappa shape index (κ3) is 5.12. The molecule has 1 aromatic carbocycles. The van der Waals surface area contributed by atoms with Gasteiger partial charge in [0.05, 0.1) is 24.8 Å². The number of carbonyl (C=O) groups is 2. The van der Waals surface area contributed by atoms with Gasteiger partial charge in [0, 0.05) is 25.6 Å². The molecule has 3 rings (SSSR count). The molecule has 144 valence electrons. The smallest absolute Gasteiger partial charge is 0.387 e. The summed E-state index contributed by atoms with van der Waals surface area (Å²) in [6.07, 6.45) is 0. The minimum absolute atomic E-state index is 0.0773. The summed E-state index contributed by atoms with van der Waals surface area (Å²) >= 11 is 0. The van der Waals surface area contributed by atoms with E-state index < -0.39 is 6.61 Å². The van der Waals surface area contributed by atoms with E-state index in [0.717, 1.165) is 6.54 Å². The molecule has 2 aliphatic rings. The average molecular weight is 372 g/mol. The van der Waals surface area contributed by atoms with Crippen molar-refractivity contribution >= 4 is 12.4 Å². The SMILES string of the molecule is CN1C[C@H]2COC[C@@H]1CN(C(=O)c1ccccc1OC(F)F)C2.O=CO. The lowest BCUT2D eigenvalue weighted by molar-refractivity contribution is -0.122. The van der Waals surface area contributed by atoms with Gasteiger partial charge in [-0.1, -0.05) is 12.1 Å². The van der Waals surface area contributed by atoms with Gasteiger partial charge in [0.25, 0.3) is 12.4 Å². The Morgan fingerprint density at radius 3 is 2.69 bits per heavy atom. The first-order valence-electron chi connectivity index (χ1n) is 8.15. The molecule has 9 heteroatoms. The van der Waals surface area contributed by atoms with Gasteiger partial charge in [-0.15, -0.1) is 0 Å². The molecule has 1 amide bonds. The summed E-state index contributed by atoms with van der Waals surface area (Å²) in [6, 6.07) is 6.27. The Labute approximate surface area is 150 Å². The first-order chi connectivity index (χ1) is 12.5. The van der Waals surface area contributed by atoms with Crippen LogP contribution in [0.25, 0.3) is 0 Å². The predicted molar refractivity (Wildman–Crippen MR) is 88.4 cm³/mol. The quantitative estimate of drug-likeness (QED) is 0.808. The fourth-order valence-electron chi connectivity index (χ4n) is 3.23. The summed E-state index contributed by atoms with van der Waals surface area (Å²) in [5, 5.41) is 6.89. The number of hydrogen-bond donors (Lipinski definition) is 1. The van der Waals surface area contributed by atoms with E-state index in [4.69, 9.17) is 14.6 Å². The number of amides is 1. The van der Waals surface area contributed by atoms with Crippen molar-refractivity contribution in [2.24, 2.45) is 5.92 Å². The van der Waals surface area contributed by atoms with Crippen molar-refractivity contribution < 1.29 is 33.0 Å².